The van der Waals surface area contributed by atoms with Crippen LogP contribution in [0.2, 0.25) is 0 Å². The van der Waals surface area contributed by atoms with Gasteiger partial charge in [-0.05, 0) is 11.8 Å². The van der Waals surface area contributed by atoms with E-state index >= 15 is 0 Å². The van der Waals surface area contributed by atoms with Crippen LogP contribution in [-0.2, 0) is 4.79 Å². The van der Waals surface area contributed by atoms with Crippen LogP contribution in [0.15, 0.2) is 11.4 Å². The number of nitrogens with zero attached hydrogens (tertiary/aromatic N) is 1. The Kier molecular flexibility index (Phi) is 2.11. The predicted octanol–water partition coefficient (Wildman–Crippen LogP) is 0.823. The number of Topliss-reactive ketones (excluding diaryl/α,β-unsaturated/α-hetero) is 1. The highest BCUT2D eigenvalue weighted by atomic mass is 16.6. The molecule has 72 valence electrons. The van der Waals surface area contributed by atoms with Gasteiger partial charge in [-0.25, -0.2) is 0 Å². The summed E-state index contributed by atoms with van der Waals surface area (Å²) in [5, 5.41) is 10.4. The van der Waals surface area contributed by atoms with Gasteiger partial charge in [0.2, 0.25) is 5.78 Å². The molecule has 0 aromatic carbocycles. The van der Waals surface area contributed by atoms with Gasteiger partial charge in [-0.1, -0.05) is 13.8 Å². The first-order valence-electron chi connectivity index (χ1n) is 4.00. The average Bonchev–Trinajstić information content (AvgIpc) is 1.78. The lowest BCUT2D eigenvalue weighted by Gasteiger charge is -2.26. The normalized spacial score (nSPS) is 21.8. The van der Waals surface area contributed by atoms with Gasteiger partial charge in [-0.15, -0.1) is 0 Å². The lowest BCUT2D eigenvalue weighted by Crippen LogP contribution is -2.31. The van der Waals surface area contributed by atoms with Gasteiger partial charge in [0, 0.05) is 6.42 Å². The van der Waals surface area contributed by atoms with E-state index in [0.717, 1.165) is 0 Å². The Bertz CT molecular complexity index is 305. The van der Waals surface area contributed by atoms with Crippen LogP contribution in [0.1, 0.15) is 26.7 Å². The van der Waals surface area contributed by atoms with E-state index in [4.69, 9.17) is 5.73 Å². The lowest BCUT2D eigenvalue weighted by molar-refractivity contribution is -0.421. The second-order valence-electron chi connectivity index (χ2n) is 4.07. The van der Waals surface area contributed by atoms with E-state index in [1.807, 2.05) is 13.8 Å². The first kappa shape index (κ1) is 9.70. The third kappa shape index (κ3) is 1.85. The van der Waals surface area contributed by atoms with Crippen molar-refractivity contribution in [1.82, 2.24) is 0 Å². The van der Waals surface area contributed by atoms with Gasteiger partial charge < -0.3 is 5.73 Å². The summed E-state index contributed by atoms with van der Waals surface area (Å²) in [5.41, 5.74) is 4.90. The second-order valence-corrected chi connectivity index (χ2v) is 4.07. The number of carbonyl (C=O) groups excluding carboxylic acids is 1. The summed E-state index contributed by atoms with van der Waals surface area (Å²) in [6, 6.07) is 0. The summed E-state index contributed by atoms with van der Waals surface area (Å²) in [4.78, 5) is 21.0. The molecule has 1 aliphatic rings. The number of hydrogen-bond donors (Lipinski definition) is 1. The topological polar surface area (TPSA) is 86.2 Å². The van der Waals surface area contributed by atoms with Crippen LogP contribution in [0.25, 0.3) is 0 Å². The van der Waals surface area contributed by atoms with E-state index in [2.05, 4.69) is 0 Å². The number of rotatable bonds is 1. The van der Waals surface area contributed by atoms with E-state index in [9.17, 15) is 14.9 Å². The molecule has 0 saturated carbocycles. The zero-order valence-electron chi connectivity index (χ0n) is 7.66. The third-order valence-electron chi connectivity index (χ3n) is 2.06. The van der Waals surface area contributed by atoms with Crippen LogP contribution in [0.3, 0.4) is 0 Å². The van der Waals surface area contributed by atoms with Gasteiger partial charge >= 0.3 is 5.70 Å². The van der Waals surface area contributed by atoms with Crippen molar-refractivity contribution < 1.29 is 9.72 Å². The van der Waals surface area contributed by atoms with Crippen molar-refractivity contribution in [2.24, 2.45) is 11.1 Å². The Morgan fingerprint density at radius 1 is 1.46 bits per heavy atom. The first-order chi connectivity index (χ1) is 5.83. The molecule has 1 rings (SSSR count). The predicted molar refractivity (Wildman–Crippen MR) is 46.2 cm³/mol. The molecule has 0 bridgehead atoms. The van der Waals surface area contributed by atoms with E-state index in [-0.39, 0.29) is 17.5 Å². The number of allylic oxidation sites excluding steroid dienone is 2. The SMILES string of the molecule is CC1(C)CC(=O)C([N+](=O)[O-])=C(N)C1. The molecule has 0 aromatic rings. The molecule has 2 N–H and O–H groups in total. The summed E-state index contributed by atoms with van der Waals surface area (Å²) < 4.78 is 0. The Morgan fingerprint density at radius 2 is 2.00 bits per heavy atom. The molecule has 0 atom stereocenters. The molecule has 5 nitrogen and oxygen atoms in total. The summed E-state index contributed by atoms with van der Waals surface area (Å²) in [6.45, 7) is 3.74. The van der Waals surface area contributed by atoms with Crippen LogP contribution < -0.4 is 5.73 Å². The summed E-state index contributed by atoms with van der Waals surface area (Å²) in [6.07, 6.45) is 0.610. The van der Waals surface area contributed by atoms with Gasteiger partial charge in [0.1, 0.15) is 0 Å². The number of nitro groups is 1. The fourth-order valence-corrected chi connectivity index (χ4v) is 1.58. The Labute approximate surface area is 75.8 Å². The van der Waals surface area contributed by atoms with E-state index in [0.29, 0.717) is 6.42 Å². The van der Waals surface area contributed by atoms with Crippen LogP contribution >= 0.6 is 0 Å². The van der Waals surface area contributed by atoms with Crippen molar-refractivity contribution in [3.63, 3.8) is 0 Å². The molecular formula is C8H12N2O3. The van der Waals surface area contributed by atoms with Gasteiger partial charge in [-0.2, -0.15) is 0 Å². The number of nitrogens with two attached hydrogens (primary N) is 1. The number of hydrogen-bond acceptors (Lipinski definition) is 4. The molecule has 0 saturated heterocycles. The minimum atomic E-state index is -0.688. The Balaban J connectivity index is 3.09. The standard InChI is InChI=1S/C8H12N2O3/c1-8(2)3-5(9)7(10(12)13)6(11)4-8/h3-4,9H2,1-2H3. The molecule has 0 fully saturated rings. The zero-order valence-corrected chi connectivity index (χ0v) is 7.66. The molecule has 13 heavy (non-hydrogen) atoms. The fraction of sp³-hybridized carbons (Fsp3) is 0.625. The van der Waals surface area contributed by atoms with E-state index in [1.165, 1.54) is 0 Å². The zero-order chi connectivity index (χ0) is 10.2. The molecule has 0 unspecified atom stereocenters. The van der Waals surface area contributed by atoms with Crippen molar-refractivity contribution in [1.29, 1.82) is 0 Å². The van der Waals surface area contributed by atoms with E-state index in [1.54, 1.807) is 0 Å². The van der Waals surface area contributed by atoms with Crippen molar-refractivity contribution in [2.45, 2.75) is 26.7 Å². The van der Waals surface area contributed by atoms with Gasteiger partial charge in [0.25, 0.3) is 0 Å². The van der Waals surface area contributed by atoms with Crippen LogP contribution in [-0.4, -0.2) is 10.7 Å². The number of carbonyl (C=O) groups is 1. The highest BCUT2D eigenvalue weighted by Crippen LogP contribution is 2.34. The van der Waals surface area contributed by atoms with Gasteiger partial charge in [0.15, 0.2) is 0 Å². The average molecular weight is 184 g/mol. The summed E-state index contributed by atoms with van der Waals surface area (Å²) in [5.74, 6) is -0.459. The van der Waals surface area contributed by atoms with Gasteiger partial charge in [-0.3, -0.25) is 14.9 Å². The lowest BCUT2D eigenvalue weighted by atomic mass is 9.78. The van der Waals surface area contributed by atoms with Crippen molar-refractivity contribution in [2.75, 3.05) is 0 Å². The molecule has 0 heterocycles. The molecule has 0 amide bonds. The smallest absolute Gasteiger partial charge is 0.330 e. The van der Waals surface area contributed by atoms with Crippen molar-refractivity contribution in [3.05, 3.63) is 21.5 Å². The highest BCUT2D eigenvalue weighted by molar-refractivity contribution is 5.95. The first-order valence-corrected chi connectivity index (χ1v) is 4.00. The van der Waals surface area contributed by atoms with E-state index < -0.39 is 16.4 Å². The largest absolute Gasteiger partial charge is 0.396 e. The molecule has 1 aliphatic carbocycles. The highest BCUT2D eigenvalue weighted by Gasteiger charge is 2.38. The molecular weight excluding hydrogens is 172 g/mol. The fourth-order valence-electron chi connectivity index (χ4n) is 1.58. The molecule has 5 heteroatoms. The minimum Gasteiger partial charge on any atom is -0.396 e. The molecule has 0 aliphatic heterocycles. The Hall–Kier alpha value is -1.39. The van der Waals surface area contributed by atoms with Crippen LogP contribution in [0.4, 0.5) is 0 Å². The minimum absolute atomic E-state index is 0.103. The van der Waals surface area contributed by atoms with Crippen LogP contribution in [0, 0.1) is 15.5 Å². The maximum absolute atomic E-state index is 11.3. The third-order valence-corrected chi connectivity index (χ3v) is 2.06. The Morgan fingerprint density at radius 3 is 2.38 bits per heavy atom. The molecule has 0 spiro atoms. The maximum Gasteiger partial charge on any atom is 0.330 e. The van der Waals surface area contributed by atoms with Crippen molar-refractivity contribution in [3.8, 4) is 0 Å². The van der Waals surface area contributed by atoms with Crippen molar-refractivity contribution >= 4 is 5.78 Å². The monoisotopic (exact) mass is 184 g/mol. The quantitative estimate of drug-likeness (QED) is 0.483. The van der Waals surface area contributed by atoms with Gasteiger partial charge in [0.05, 0.1) is 10.6 Å². The molecule has 0 radical (unpaired) electrons. The number of ketones is 1. The molecule has 0 aromatic heterocycles. The second kappa shape index (κ2) is 2.83. The summed E-state index contributed by atoms with van der Waals surface area (Å²) in [7, 11) is 0. The summed E-state index contributed by atoms with van der Waals surface area (Å²) >= 11 is 0. The maximum atomic E-state index is 11.3. The van der Waals surface area contributed by atoms with Crippen LogP contribution in [0.5, 0.6) is 0 Å².